The molecular weight excluding hydrogens is 314 g/mol. The second-order valence-electron chi connectivity index (χ2n) is 6.92. The third-order valence-electron chi connectivity index (χ3n) is 4.93. The minimum absolute atomic E-state index is 0.719. The number of anilines is 2. The first-order valence-electron chi connectivity index (χ1n) is 8.92. The van der Waals surface area contributed by atoms with Crippen LogP contribution in [0.15, 0.2) is 30.6 Å². The molecule has 0 N–H and O–H groups in total. The molecular formula is C19H25N5O. The standard InChI is InChI=1S/C19H25N5O/c1-15-3-4-17-18(11-15)25-10-9-24(17)14-16-12-20-19(21-13-16)23-7-5-22(2)6-8-23/h3-4,11-13H,5-10,14H2,1-2H3. The zero-order valence-corrected chi connectivity index (χ0v) is 15.0. The fraction of sp³-hybridized carbons (Fsp3) is 0.474. The van der Waals surface area contributed by atoms with Crippen LogP contribution >= 0.6 is 0 Å². The van der Waals surface area contributed by atoms with Crippen LogP contribution in [-0.2, 0) is 6.54 Å². The summed E-state index contributed by atoms with van der Waals surface area (Å²) in [5.74, 6) is 1.82. The molecule has 2 aromatic rings. The zero-order valence-electron chi connectivity index (χ0n) is 15.0. The van der Waals surface area contributed by atoms with Gasteiger partial charge >= 0.3 is 0 Å². The molecule has 25 heavy (non-hydrogen) atoms. The number of rotatable bonds is 3. The molecule has 1 fully saturated rings. The summed E-state index contributed by atoms with van der Waals surface area (Å²) in [6.07, 6.45) is 3.92. The van der Waals surface area contributed by atoms with Gasteiger partial charge in [0.25, 0.3) is 0 Å². The van der Waals surface area contributed by atoms with Crippen molar-refractivity contribution in [3.63, 3.8) is 0 Å². The minimum atomic E-state index is 0.719. The molecule has 2 aliphatic rings. The highest BCUT2D eigenvalue weighted by molar-refractivity contribution is 5.61. The molecule has 0 amide bonds. The molecule has 1 saturated heterocycles. The van der Waals surface area contributed by atoms with E-state index in [0.29, 0.717) is 0 Å². The lowest BCUT2D eigenvalue weighted by molar-refractivity contribution is 0.306. The summed E-state index contributed by atoms with van der Waals surface area (Å²) < 4.78 is 5.80. The molecule has 0 radical (unpaired) electrons. The van der Waals surface area contributed by atoms with E-state index in [9.17, 15) is 0 Å². The van der Waals surface area contributed by atoms with Crippen molar-refractivity contribution >= 4 is 11.6 Å². The number of aromatic nitrogens is 2. The van der Waals surface area contributed by atoms with Crippen LogP contribution in [0.5, 0.6) is 5.75 Å². The molecule has 0 unspecified atom stereocenters. The number of piperazine rings is 1. The van der Waals surface area contributed by atoms with Gasteiger partial charge in [0.05, 0.1) is 12.2 Å². The SMILES string of the molecule is Cc1ccc2c(c1)OCCN2Cc1cnc(N2CCN(C)CC2)nc1. The van der Waals surface area contributed by atoms with Crippen LogP contribution < -0.4 is 14.5 Å². The second kappa shape index (κ2) is 6.88. The van der Waals surface area contributed by atoms with E-state index >= 15 is 0 Å². The van der Waals surface area contributed by atoms with Crippen molar-refractivity contribution in [3.05, 3.63) is 41.7 Å². The maximum Gasteiger partial charge on any atom is 0.225 e. The van der Waals surface area contributed by atoms with Gasteiger partial charge in [0.15, 0.2) is 0 Å². The van der Waals surface area contributed by atoms with Crippen molar-refractivity contribution in [1.29, 1.82) is 0 Å². The first-order valence-corrected chi connectivity index (χ1v) is 8.92. The van der Waals surface area contributed by atoms with Crippen LogP contribution in [0.4, 0.5) is 11.6 Å². The molecule has 1 aromatic carbocycles. The Hall–Kier alpha value is -2.34. The van der Waals surface area contributed by atoms with Gasteiger partial charge in [-0.15, -0.1) is 0 Å². The smallest absolute Gasteiger partial charge is 0.225 e. The molecule has 1 aromatic heterocycles. The Morgan fingerprint density at radius 3 is 2.56 bits per heavy atom. The summed E-state index contributed by atoms with van der Waals surface area (Å²) in [5, 5.41) is 0. The maximum absolute atomic E-state index is 5.80. The predicted molar refractivity (Wildman–Crippen MR) is 99.5 cm³/mol. The quantitative estimate of drug-likeness (QED) is 0.851. The van der Waals surface area contributed by atoms with Crippen molar-refractivity contribution < 1.29 is 4.74 Å². The predicted octanol–water partition coefficient (Wildman–Crippen LogP) is 1.94. The van der Waals surface area contributed by atoms with E-state index in [2.05, 4.69) is 56.8 Å². The van der Waals surface area contributed by atoms with Crippen molar-refractivity contribution in [2.45, 2.75) is 13.5 Å². The summed E-state index contributed by atoms with van der Waals surface area (Å²) in [6, 6.07) is 6.38. The third kappa shape index (κ3) is 3.54. The largest absolute Gasteiger partial charge is 0.490 e. The number of likely N-dealkylation sites (N-methyl/N-ethyl adjacent to an activating group) is 1. The lowest BCUT2D eigenvalue weighted by Crippen LogP contribution is -2.45. The number of hydrogen-bond donors (Lipinski definition) is 0. The number of fused-ring (bicyclic) bond motifs is 1. The summed E-state index contributed by atoms with van der Waals surface area (Å²) >= 11 is 0. The van der Waals surface area contributed by atoms with E-state index in [0.717, 1.165) is 68.8 Å². The van der Waals surface area contributed by atoms with E-state index in [1.54, 1.807) is 0 Å². The Bertz CT molecular complexity index is 725. The number of aryl methyl sites for hydroxylation is 1. The first-order chi connectivity index (χ1) is 12.2. The minimum Gasteiger partial charge on any atom is -0.490 e. The zero-order chi connectivity index (χ0) is 17.2. The normalized spacial score (nSPS) is 18.0. The van der Waals surface area contributed by atoms with Gasteiger partial charge in [0.2, 0.25) is 5.95 Å². The fourth-order valence-corrected chi connectivity index (χ4v) is 3.37. The molecule has 0 aliphatic carbocycles. The van der Waals surface area contributed by atoms with Crippen LogP contribution in [0.25, 0.3) is 0 Å². The Morgan fingerprint density at radius 2 is 1.80 bits per heavy atom. The van der Waals surface area contributed by atoms with Gasteiger partial charge < -0.3 is 19.4 Å². The van der Waals surface area contributed by atoms with Gasteiger partial charge in [-0.1, -0.05) is 6.07 Å². The molecule has 2 aliphatic heterocycles. The summed E-state index contributed by atoms with van der Waals surface area (Å²) in [5.41, 5.74) is 3.51. The van der Waals surface area contributed by atoms with E-state index in [1.165, 1.54) is 5.56 Å². The number of nitrogens with zero attached hydrogens (tertiary/aromatic N) is 5. The third-order valence-corrected chi connectivity index (χ3v) is 4.93. The van der Waals surface area contributed by atoms with E-state index in [-0.39, 0.29) is 0 Å². The molecule has 6 heteroatoms. The maximum atomic E-state index is 5.80. The van der Waals surface area contributed by atoms with Crippen LogP contribution in [0.2, 0.25) is 0 Å². The highest BCUT2D eigenvalue weighted by atomic mass is 16.5. The van der Waals surface area contributed by atoms with Crippen molar-refractivity contribution in [2.75, 3.05) is 56.2 Å². The number of hydrogen-bond acceptors (Lipinski definition) is 6. The van der Waals surface area contributed by atoms with Crippen LogP contribution in [-0.4, -0.2) is 61.2 Å². The fourth-order valence-electron chi connectivity index (χ4n) is 3.37. The lowest BCUT2D eigenvalue weighted by Gasteiger charge is -2.33. The number of ether oxygens (including phenoxy) is 1. The van der Waals surface area contributed by atoms with Gasteiger partial charge in [-0.3, -0.25) is 0 Å². The Balaban J connectivity index is 1.45. The second-order valence-corrected chi connectivity index (χ2v) is 6.92. The van der Waals surface area contributed by atoms with Gasteiger partial charge in [-0.25, -0.2) is 9.97 Å². The first kappa shape index (κ1) is 16.1. The summed E-state index contributed by atoms with van der Waals surface area (Å²) in [6.45, 7) is 8.62. The average molecular weight is 339 g/mol. The Kier molecular flexibility index (Phi) is 4.44. The molecule has 132 valence electrons. The highest BCUT2D eigenvalue weighted by Gasteiger charge is 2.19. The summed E-state index contributed by atoms with van der Waals surface area (Å²) in [7, 11) is 2.16. The van der Waals surface area contributed by atoms with E-state index in [1.807, 2.05) is 12.4 Å². The molecule has 4 rings (SSSR count). The van der Waals surface area contributed by atoms with Crippen molar-refractivity contribution in [3.8, 4) is 5.75 Å². The Morgan fingerprint density at radius 1 is 1.04 bits per heavy atom. The van der Waals surface area contributed by atoms with E-state index in [4.69, 9.17) is 4.74 Å². The highest BCUT2D eigenvalue weighted by Crippen LogP contribution is 2.33. The molecule has 3 heterocycles. The van der Waals surface area contributed by atoms with Gasteiger partial charge in [-0.2, -0.15) is 0 Å². The summed E-state index contributed by atoms with van der Waals surface area (Å²) in [4.78, 5) is 16.1. The molecule has 0 bridgehead atoms. The van der Waals surface area contributed by atoms with Crippen molar-refractivity contribution in [2.24, 2.45) is 0 Å². The van der Waals surface area contributed by atoms with E-state index < -0.39 is 0 Å². The molecule has 6 nitrogen and oxygen atoms in total. The topological polar surface area (TPSA) is 44.7 Å². The molecule has 0 saturated carbocycles. The van der Waals surface area contributed by atoms with Gasteiger partial charge in [0, 0.05) is 50.7 Å². The molecule has 0 atom stereocenters. The monoisotopic (exact) mass is 339 g/mol. The average Bonchev–Trinajstić information content (AvgIpc) is 2.63. The van der Waals surface area contributed by atoms with Gasteiger partial charge in [-0.05, 0) is 31.7 Å². The molecule has 0 spiro atoms. The lowest BCUT2D eigenvalue weighted by atomic mass is 10.1. The van der Waals surface area contributed by atoms with Crippen LogP contribution in [0, 0.1) is 6.92 Å². The van der Waals surface area contributed by atoms with Gasteiger partial charge in [0.1, 0.15) is 12.4 Å². The van der Waals surface area contributed by atoms with Crippen LogP contribution in [0.3, 0.4) is 0 Å². The van der Waals surface area contributed by atoms with Crippen LogP contribution in [0.1, 0.15) is 11.1 Å². The Labute approximate surface area is 149 Å². The number of benzene rings is 1. The van der Waals surface area contributed by atoms with Crippen molar-refractivity contribution in [1.82, 2.24) is 14.9 Å².